The Hall–Kier alpha value is -1.51. The molecular weight excluding hydrogens is 424 g/mol. The smallest absolute Gasteiger partial charge is 0.375 e. The Bertz CT molecular complexity index is 913. The minimum atomic E-state index is -0.642. The Balaban J connectivity index is 0.000000370. The van der Waals surface area contributed by atoms with Crippen molar-refractivity contribution in [3.8, 4) is 0 Å². The van der Waals surface area contributed by atoms with Crippen molar-refractivity contribution in [3.05, 3.63) is 72.9 Å². The molecule has 0 saturated carbocycles. The maximum atomic E-state index is 8.51. The van der Waals surface area contributed by atoms with Crippen molar-refractivity contribution in [2.45, 2.75) is 38.6 Å². The van der Waals surface area contributed by atoms with E-state index in [1.165, 1.54) is 0 Å². The van der Waals surface area contributed by atoms with E-state index in [1.807, 2.05) is 32.0 Å². The number of rotatable bonds is 4. The van der Waals surface area contributed by atoms with Gasteiger partial charge in [0.2, 0.25) is 0 Å². The Kier molecular flexibility index (Phi) is 10.6. The molecule has 0 bridgehead atoms. The molecule has 1 aromatic heterocycles. The predicted octanol–water partition coefficient (Wildman–Crippen LogP) is 3.49. The van der Waals surface area contributed by atoms with Crippen LogP contribution >= 0.6 is 23.2 Å². The summed E-state index contributed by atoms with van der Waals surface area (Å²) in [7, 11) is 0. The fourth-order valence-electron chi connectivity index (χ4n) is 3.02. The van der Waals surface area contributed by atoms with E-state index in [4.69, 9.17) is 34.0 Å². The third kappa shape index (κ3) is 6.05. The number of pyridine rings is 1. The van der Waals surface area contributed by atoms with Crippen molar-refractivity contribution in [1.82, 2.24) is 4.98 Å². The normalized spacial score (nSPS) is 14.1. The Morgan fingerprint density at radius 1 is 1.19 bits per heavy atom. The van der Waals surface area contributed by atoms with Gasteiger partial charge in [-0.1, -0.05) is 42.6 Å². The Morgan fingerprint density at radius 2 is 1.84 bits per heavy atom. The van der Waals surface area contributed by atoms with Crippen molar-refractivity contribution < 1.29 is 18.9 Å². The zero-order valence-corrected chi connectivity index (χ0v) is 19.9. The summed E-state index contributed by atoms with van der Waals surface area (Å²) in [5, 5.41) is 21.6. The van der Waals surface area contributed by atoms with Crippen LogP contribution in [0.5, 0.6) is 0 Å². The van der Waals surface area contributed by atoms with Gasteiger partial charge in [-0.15, -0.1) is 0 Å². The number of nitrogens with zero attached hydrogens (tertiary/aromatic N) is 2. The van der Waals surface area contributed by atoms with Crippen LogP contribution in [0.25, 0.3) is 0 Å². The second kappa shape index (κ2) is 11.9. The molecule has 1 aliphatic heterocycles. The van der Waals surface area contributed by atoms with E-state index < -0.39 is 5.54 Å². The van der Waals surface area contributed by atoms with E-state index in [9.17, 15) is 0 Å². The van der Waals surface area contributed by atoms with E-state index in [-0.39, 0.29) is 24.8 Å². The molecular formula is C23H28Cl2LiN5-2. The molecule has 2 heterocycles. The average molecular weight is 452 g/mol. The third-order valence-corrected chi connectivity index (χ3v) is 5.57. The number of amidine groups is 2. The van der Waals surface area contributed by atoms with E-state index in [1.54, 1.807) is 23.2 Å². The average Bonchev–Trinajstić information content (AvgIpc) is 2.75. The number of halogens is 2. The second-order valence-corrected chi connectivity index (χ2v) is 8.14. The molecule has 8 heteroatoms. The van der Waals surface area contributed by atoms with E-state index >= 15 is 0 Å². The molecule has 0 fully saturated rings. The van der Waals surface area contributed by atoms with Crippen molar-refractivity contribution in [2.24, 2.45) is 5.92 Å². The molecule has 162 valence electrons. The first kappa shape index (κ1) is 27.5. The van der Waals surface area contributed by atoms with Crippen molar-refractivity contribution in [3.63, 3.8) is 0 Å². The molecule has 31 heavy (non-hydrogen) atoms. The largest absolute Gasteiger partial charge is 1.00 e. The number of aromatic nitrogens is 1. The second-order valence-electron chi connectivity index (χ2n) is 7.29. The zero-order valence-electron chi connectivity index (χ0n) is 18.4. The zero-order chi connectivity index (χ0) is 22.5. The Labute approximate surface area is 208 Å². The number of fused-ring (bicyclic) bond motifs is 1. The molecule has 5 nitrogen and oxygen atoms in total. The van der Waals surface area contributed by atoms with Crippen molar-refractivity contribution in [2.75, 3.05) is 10.2 Å². The predicted molar refractivity (Wildman–Crippen MR) is 129 cm³/mol. The molecule has 0 saturated heterocycles. The summed E-state index contributed by atoms with van der Waals surface area (Å²) in [4.78, 5) is 5.95. The van der Waals surface area contributed by atoms with Crippen molar-refractivity contribution >= 4 is 46.4 Å². The van der Waals surface area contributed by atoms with E-state index in [2.05, 4.69) is 31.1 Å². The monoisotopic (exact) mass is 451 g/mol. The topological polar surface area (TPSA) is 75.9 Å². The van der Waals surface area contributed by atoms with Crippen LogP contribution in [0.3, 0.4) is 0 Å². The molecule has 1 aliphatic rings. The van der Waals surface area contributed by atoms with Crippen molar-refractivity contribution in [1.29, 1.82) is 10.8 Å². The Morgan fingerprint density at radius 3 is 2.35 bits per heavy atom. The van der Waals surface area contributed by atoms with Gasteiger partial charge in [-0.2, -0.15) is 19.3 Å². The van der Waals surface area contributed by atoms with Gasteiger partial charge in [0.1, 0.15) is 11.7 Å². The molecule has 0 amide bonds. The van der Waals surface area contributed by atoms with Gasteiger partial charge in [0.25, 0.3) is 0 Å². The fourth-order valence-corrected chi connectivity index (χ4v) is 3.43. The van der Waals surface area contributed by atoms with Gasteiger partial charge < -0.3 is 26.1 Å². The summed E-state index contributed by atoms with van der Waals surface area (Å²) in [6.07, 6.45) is 3.34. The first-order chi connectivity index (χ1) is 14.2. The summed E-state index contributed by atoms with van der Waals surface area (Å²) < 4.78 is 0. The van der Waals surface area contributed by atoms with Gasteiger partial charge in [0, 0.05) is 27.7 Å². The standard InChI is InChI=1S/C15H21N5.C8H7Cl2.Li/c1-5-15(6-2)14(17)20(12(16)10(3)4)13-11(19-15)8-7-9-18-13;1-2-6-5-7(9)3-4-8(6)10;/h7-10,16-17,19H,1-2,5-6H2,3-4H3;3-5H,1-2H2;/q-2;-1;+1. The van der Waals surface area contributed by atoms with Gasteiger partial charge >= 0.3 is 18.9 Å². The molecule has 0 spiro atoms. The summed E-state index contributed by atoms with van der Waals surface area (Å²) in [5.41, 5.74) is 1.17. The molecule has 0 radical (unpaired) electrons. The van der Waals surface area contributed by atoms with Crippen LogP contribution in [0.1, 0.15) is 32.3 Å². The maximum Gasteiger partial charge on any atom is 1.00 e. The summed E-state index contributed by atoms with van der Waals surface area (Å²) in [6, 6.07) is 9.13. The van der Waals surface area contributed by atoms with Crippen LogP contribution in [0.15, 0.2) is 36.5 Å². The SMILES string of the molecule is [CH2-]CC1(C[CH2-])Nc2cccnc2N(C(=N)C(C)C)C1=N.[CH2-]Cc1cc(Cl)ccc1Cl.[Li+]. The van der Waals surface area contributed by atoms with Gasteiger partial charge in [-0.3, -0.25) is 15.7 Å². The molecule has 3 N–H and O–H groups in total. The quantitative estimate of drug-likeness (QED) is 0.288. The molecule has 2 aromatic rings. The maximum absolute atomic E-state index is 8.51. The van der Waals surface area contributed by atoms with Crippen LogP contribution in [-0.2, 0) is 6.42 Å². The number of hydrogen-bond acceptors (Lipinski definition) is 4. The number of anilines is 2. The molecule has 1 aromatic carbocycles. The minimum absolute atomic E-state index is 0. The van der Waals surface area contributed by atoms with Gasteiger partial charge in [0.15, 0.2) is 5.82 Å². The molecule has 0 unspecified atom stereocenters. The van der Waals surface area contributed by atoms with Gasteiger partial charge in [-0.05, 0) is 30.3 Å². The van der Waals surface area contributed by atoms with Crippen LogP contribution in [0.4, 0.5) is 11.5 Å². The van der Waals surface area contributed by atoms with E-state index in [0.29, 0.717) is 41.8 Å². The van der Waals surface area contributed by atoms with Gasteiger partial charge in [0.05, 0.1) is 5.69 Å². The molecule has 0 aliphatic carbocycles. The number of hydrogen-bond donors (Lipinski definition) is 3. The molecule has 0 atom stereocenters. The summed E-state index contributed by atoms with van der Waals surface area (Å²) in [5.74, 6) is 1.28. The van der Waals surface area contributed by atoms with Gasteiger partial charge in [-0.25, -0.2) is 4.98 Å². The third-order valence-electron chi connectivity index (χ3n) is 4.97. The summed E-state index contributed by atoms with van der Waals surface area (Å²) in [6.45, 7) is 15.5. The molecule has 3 rings (SSSR count). The van der Waals surface area contributed by atoms with Crippen LogP contribution in [0, 0.1) is 37.5 Å². The van der Waals surface area contributed by atoms with Crippen LogP contribution < -0.4 is 29.1 Å². The van der Waals surface area contributed by atoms with Crippen LogP contribution in [-0.4, -0.2) is 22.2 Å². The van der Waals surface area contributed by atoms with E-state index in [0.717, 1.165) is 16.3 Å². The number of benzene rings is 1. The number of nitrogens with one attached hydrogen (secondary N) is 3. The van der Waals surface area contributed by atoms with Crippen LogP contribution in [0.2, 0.25) is 10.0 Å². The minimum Gasteiger partial charge on any atom is -0.375 e. The fraction of sp³-hybridized carbons (Fsp3) is 0.304. The first-order valence-electron chi connectivity index (χ1n) is 9.73. The summed E-state index contributed by atoms with van der Waals surface area (Å²) >= 11 is 11.5. The first-order valence-corrected chi connectivity index (χ1v) is 10.5.